The first kappa shape index (κ1) is 22.0. The summed E-state index contributed by atoms with van der Waals surface area (Å²) in [6, 6.07) is 31.3. The summed E-state index contributed by atoms with van der Waals surface area (Å²) in [7, 11) is 0. The van der Waals surface area contributed by atoms with Gasteiger partial charge in [0, 0.05) is 24.2 Å². The van der Waals surface area contributed by atoms with E-state index in [1.165, 1.54) is 11.6 Å². The Hall–Kier alpha value is -4.22. The topological polar surface area (TPSA) is 81.1 Å². The van der Waals surface area contributed by atoms with Gasteiger partial charge in [-0.05, 0) is 59.0 Å². The fraction of sp³-hybridized carbons (Fsp3) is 0.0714. The molecule has 2 heterocycles. The average molecular weight is 436 g/mol. The quantitative estimate of drug-likeness (QED) is 0.371. The summed E-state index contributed by atoms with van der Waals surface area (Å²) in [5, 5.41) is 10.7. The van der Waals surface area contributed by atoms with Crippen molar-refractivity contribution in [3.05, 3.63) is 125 Å². The highest BCUT2D eigenvalue weighted by atomic mass is 16.5. The molecule has 0 aliphatic rings. The Morgan fingerprint density at radius 2 is 1.52 bits per heavy atom. The molecule has 3 N–H and O–H groups in total. The van der Waals surface area contributed by atoms with Gasteiger partial charge < -0.3 is 10.9 Å². The first-order valence-electron chi connectivity index (χ1n) is 10.7. The minimum absolute atomic E-state index is 0.241. The first-order valence-corrected chi connectivity index (χ1v) is 10.7. The van der Waals surface area contributed by atoms with Gasteiger partial charge in [0.1, 0.15) is 0 Å². The summed E-state index contributed by atoms with van der Waals surface area (Å²) >= 11 is 0. The van der Waals surface area contributed by atoms with Crippen molar-refractivity contribution in [2.24, 2.45) is 5.73 Å². The lowest BCUT2D eigenvalue weighted by Gasteiger charge is -2.10. The van der Waals surface area contributed by atoms with E-state index < -0.39 is 5.56 Å². The third-order valence-corrected chi connectivity index (χ3v) is 5.36. The van der Waals surface area contributed by atoms with Crippen LogP contribution in [0.2, 0.25) is 0 Å². The van der Waals surface area contributed by atoms with E-state index in [1.54, 1.807) is 12.3 Å². The molecule has 0 atom stereocenters. The minimum atomic E-state index is -0.512. The molecule has 5 rings (SSSR count). The van der Waals surface area contributed by atoms with E-state index in [4.69, 9.17) is 5.73 Å². The van der Waals surface area contributed by atoms with Gasteiger partial charge in [-0.3, -0.25) is 4.79 Å². The number of hydrogen-bond donors (Lipinski definition) is 2. The fourth-order valence-corrected chi connectivity index (χ4v) is 3.66. The highest BCUT2D eigenvalue weighted by Gasteiger charge is 2.11. The van der Waals surface area contributed by atoms with Crippen LogP contribution < -0.4 is 11.3 Å². The van der Waals surface area contributed by atoms with Crippen molar-refractivity contribution in [3.8, 4) is 22.3 Å². The maximum absolute atomic E-state index is 12.1. The van der Waals surface area contributed by atoms with E-state index in [0.29, 0.717) is 16.7 Å². The summed E-state index contributed by atoms with van der Waals surface area (Å²) in [6.45, 7) is 2.57. The smallest absolute Gasteiger partial charge is 0.285 e. The zero-order valence-electron chi connectivity index (χ0n) is 18.3. The molecular formula is C28H25N3O2. The van der Waals surface area contributed by atoms with Gasteiger partial charge in [-0.2, -0.15) is 0 Å². The molecule has 5 nitrogen and oxygen atoms in total. The standard InChI is InChI=1S/C21H17N3O2.C7H8/c22-13-14-4-1-5-15(10-14)16-6-2-7-17(11-16)19-12-20(25)24(26)21-18(19)8-3-9-23-21;1-7-5-3-2-4-6-7/h1-12,26H,13,22H2;2-6H,1H3. The number of rotatable bonds is 3. The van der Waals surface area contributed by atoms with Crippen LogP contribution in [0, 0.1) is 6.92 Å². The van der Waals surface area contributed by atoms with Gasteiger partial charge in [-0.25, -0.2) is 4.98 Å². The molecule has 0 fully saturated rings. The SMILES string of the molecule is Cc1ccccc1.NCc1cccc(-c2cccc(-c3cc(=O)n(O)c4ncccc34)c2)c1. The summed E-state index contributed by atoms with van der Waals surface area (Å²) in [4.78, 5) is 16.3. The number of pyridine rings is 2. The molecule has 164 valence electrons. The normalized spacial score (nSPS) is 10.5. The lowest BCUT2D eigenvalue weighted by atomic mass is 9.97. The van der Waals surface area contributed by atoms with Crippen LogP contribution in [0.5, 0.6) is 0 Å². The molecule has 0 saturated heterocycles. The van der Waals surface area contributed by atoms with Gasteiger partial charge in [0.15, 0.2) is 5.65 Å². The largest absolute Gasteiger partial charge is 0.423 e. The summed E-state index contributed by atoms with van der Waals surface area (Å²) in [5.41, 5.74) is 11.6. The van der Waals surface area contributed by atoms with Crippen LogP contribution in [-0.4, -0.2) is 14.9 Å². The van der Waals surface area contributed by atoms with Gasteiger partial charge in [0.2, 0.25) is 0 Å². The highest BCUT2D eigenvalue weighted by molar-refractivity contribution is 5.93. The fourth-order valence-electron chi connectivity index (χ4n) is 3.66. The molecule has 0 aliphatic heterocycles. The average Bonchev–Trinajstić information content (AvgIpc) is 2.87. The predicted molar refractivity (Wildman–Crippen MR) is 133 cm³/mol. The van der Waals surface area contributed by atoms with E-state index in [2.05, 4.69) is 30.1 Å². The van der Waals surface area contributed by atoms with Crippen molar-refractivity contribution < 1.29 is 5.21 Å². The van der Waals surface area contributed by atoms with Gasteiger partial charge in [0.25, 0.3) is 5.56 Å². The summed E-state index contributed by atoms with van der Waals surface area (Å²) < 4.78 is 0.577. The third kappa shape index (κ3) is 5.00. The Morgan fingerprint density at radius 3 is 2.21 bits per heavy atom. The number of hydrogen-bond acceptors (Lipinski definition) is 4. The van der Waals surface area contributed by atoms with Crippen molar-refractivity contribution in [1.29, 1.82) is 0 Å². The third-order valence-electron chi connectivity index (χ3n) is 5.36. The number of fused-ring (bicyclic) bond motifs is 1. The summed E-state index contributed by atoms with van der Waals surface area (Å²) in [5.74, 6) is 0. The van der Waals surface area contributed by atoms with E-state index in [0.717, 1.165) is 27.8 Å². The number of nitrogens with zero attached hydrogens (tertiary/aromatic N) is 2. The Bertz CT molecular complexity index is 1440. The Balaban J connectivity index is 0.000000318. The van der Waals surface area contributed by atoms with Gasteiger partial charge in [-0.1, -0.05) is 72.3 Å². The van der Waals surface area contributed by atoms with Crippen molar-refractivity contribution in [3.63, 3.8) is 0 Å². The molecule has 0 spiro atoms. The van der Waals surface area contributed by atoms with E-state index in [1.807, 2.05) is 66.7 Å². The van der Waals surface area contributed by atoms with Crippen LogP contribution in [0.3, 0.4) is 0 Å². The van der Waals surface area contributed by atoms with Crippen molar-refractivity contribution >= 4 is 11.0 Å². The van der Waals surface area contributed by atoms with Gasteiger partial charge >= 0.3 is 0 Å². The molecule has 33 heavy (non-hydrogen) atoms. The Labute approximate surface area is 192 Å². The molecule has 0 aliphatic carbocycles. The Kier molecular flexibility index (Phi) is 6.62. The van der Waals surface area contributed by atoms with E-state index in [-0.39, 0.29) is 5.65 Å². The molecule has 0 amide bonds. The molecule has 3 aromatic carbocycles. The molecule has 0 unspecified atom stereocenters. The van der Waals surface area contributed by atoms with Crippen LogP contribution in [-0.2, 0) is 6.54 Å². The van der Waals surface area contributed by atoms with Crippen LogP contribution in [0.4, 0.5) is 0 Å². The van der Waals surface area contributed by atoms with Crippen molar-refractivity contribution in [2.75, 3.05) is 0 Å². The van der Waals surface area contributed by atoms with Crippen LogP contribution in [0.15, 0.2) is 108 Å². The Morgan fingerprint density at radius 1 is 0.818 bits per heavy atom. The zero-order valence-corrected chi connectivity index (χ0v) is 18.3. The van der Waals surface area contributed by atoms with E-state index in [9.17, 15) is 10.0 Å². The second-order valence-corrected chi connectivity index (χ2v) is 7.72. The molecule has 0 radical (unpaired) electrons. The van der Waals surface area contributed by atoms with Gasteiger partial charge in [0.05, 0.1) is 0 Å². The van der Waals surface area contributed by atoms with Crippen LogP contribution in [0.1, 0.15) is 11.1 Å². The molecule has 2 aromatic heterocycles. The zero-order chi connectivity index (χ0) is 23.2. The summed E-state index contributed by atoms with van der Waals surface area (Å²) in [6.07, 6.45) is 1.55. The maximum atomic E-state index is 12.1. The molecular weight excluding hydrogens is 410 g/mol. The molecule has 0 bridgehead atoms. The highest BCUT2D eigenvalue weighted by Crippen LogP contribution is 2.30. The van der Waals surface area contributed by atoms with Crippen LogP contribution in [0.25, 0.3) is 33.3 Å². The minimum Gasteiger partial charge on any atom is -0.423 e. The number of aromatic nitrogens is 2. The van der Waals surface area contributed by atoms with Crippen molar-refractivity contribution in [2.45, 2.75) is 13.5 Å². The van der Waals surface area contributed by atoms with Crippen molar-refractivity contribution in [1.82, 2.24) is 9.71 Å². The van der Waals surface area contributed by atoms with E-state index >= 15 is 0 Å². The monoisotopic (exact) mass is 435 g/mol. The number of nitrogens with two attached hydrogens (primary N) is 1. The number of aryl methyl sites for hydroxylation is 1. The number of benzene rings is 3. The second kappa shape index (κ2) is 9.94. The lowest BCUT2D eigenvalue weighted by Crippen LogP contribution is -2.18. The lowest BCUT2D eigenvalue weighted by molar-refractivity contribution is 0.187. The maximum Gasteiger partial charge on any atom is 0.285 e. The molecule has 0 saturated carbocycles. The predicted octanol–water partition coefficient (Wildman–Crippen LogP) is 5.42. The van der Waals surface area contributed by atoms with Gasteiger partial charge in [-0.15, -0.1) is 4.73 Å². The first-order chi connectivity index (χ1) is 16.1. The molecule has 5 aromatic rings. The second-order valence-electron chi connectivity index (χ2n) is 7.72. The molecule has 5 heteroatoms. The van der Waals surface area contributed by atoms with Crippen LogP contribution >= 0.6 is 0 Å².